The van der Waals surface area contributed by atoms with Gasteiger partial charge in [-0.3, -0.25) is 9.69 Å². The molecule has 2 saturated heterocycles. The number of carbonyl (C=O) groups excluding carboxylic acids is 1. The standard InChI is InChI=1S/C16H22N2O2/c19-15(11-18-9-5-2-6-10-18)17-16(12-20-13-16)14-7-3-1-4-8-14/h1,3-4,7-8H,2,5-6,9-13H2,(H,17,19). The van der Waals surface area contributed by atoms with Gasteiger partial charge in [0.15, 0.2) is 0 Å². The zero-order valence-electron chi connectivity index (χ0n) is 11.8. The summed E-state index contributed by atoms with van der Waals surface area (Å²) in [4.78, 5) is 14.5. The van der Waals surface area contributed by atoms with Crippen molar-refractivity contribution in [1.29, 1.82) is 0 Å². The second-order valence-electron chi connectivity index (χ2n) is 5.83. The zero-order valence-corrected chi connectivity index (χ0v) is 11.8. The fraction of sp³-hybridized carbons (Fsp3) is 0.562. The molecule has 2 aliphatic rings. The maximum atomic E-state index is 12.3. The Labute approximate surface area is 120 Å². The molecule has 0 unspecified atom stereocenters. The first kappa shape index (κ1) is 13.6. The minimum absolute atomic E-state index is 0.110. The van der Waals surface area contributed by atoms with Crippen LogP contribution in [0.2, 0.25) is 0 Å². The van der Waals surface area contributed by atoms with E-state index in [1.165, 1.54) is 19.3 Å². The molecule has 108 valence electrons. The van der Waals surface area contributed by atoms with E-state index in [1.54, 1.807) is 0 Å². The number of ether oxygens (including phenoxy) is 1. The molecule has 2 fully saturated rings. The predicted molar refractivity (Wildman–Crippen MR) is 77.4 cm³/mol. The van der Waals surface area contributed by atoms with Gasteiger partial charge in [0.2, 0.25) is 5.91 Å². The molecule has 0 bridgehead atoms. The van der Waals surface area contributed by atoms with E-state index in [2.05, 4.69) is 22.3 Å². The highest BCUT2D eigenvalue weighted by Gasteiger charge is 2.41. The predicted octanol–water partition coefficient (Wildman–Crippen LogP) is 1.51. The highest BCUT2D eigenvalue weighted by atomic mass is 16.5. The summed E-state index contributed by atoms with van der Waals surface area (Å²) in [5.41, 5.74) is 0.826. The van der Waals surface area contributed by atoms with Crippen LogP contribution < -0.4 is 5.32 Å². The molecule has 0 aliphatic carbocycles. The smallest absolute Gasteiger partial charge is 0.235 e. The molecular weight excluding hydrogens is 252 g/mol. The van der Waals surface area contributed by atoms with Crippen molar-refractivity contribution in [2.45, 2.75) is 24.8 Å². The van der Waals surface area contributed by atoms with Crippen LogP contribution in [0.15, 0.2) is 30.3 Å². The number of nitrogens with zero attached hydrogens (tertiary/aromatic N) is 1. The molecule has 0 aromatic heterocycles. The monoisotopic (exact) mass is 274 g/mol. The lowest BCUT2D eigenvalue weighted by atomic mass is 9.88. The topological polar surface area (TPSA) is 41.6 Å². The molecule has 20 heavy (non-hydrogen) atoms. The average Bonchev–Trinajstić information content (AvgIpc) is 2.45. The Morgan fingerprint density at radius 2 is 1.85 bits per heavy atom. The first-order chi connectivity index (χ1) is 9.78. The second kappa shape index (κ2) is 5.94. The van der Waals surface area contributed by atoms with E-state index in [0.29, 0.717) is 19.8 Å². The number of amides is 1. The Kier molecular flexibility index (Phi) is 4.03. The number of carbonyl (C=O) groups is 1. The van der Waals surface area contributed by atoms with Crippen molar-refractivity contribution in [2.24, 2.45) is 0 Å². The van der Waals surface area contributed by atoms with Crippen LogP contribution in [0.5, 0.6) is 0 Å². The highest BCUT2D eigenvalue weighted by molar-refractivity contribution is 5.79. The van der Waals surface area contributed by atoms with Crippen molar-refractivity contribution in [3.8, 4) is 0 Å². The largest absolute Gasteiger partial charge is 0.376 e. The van der Waals surface area contributed by atoms with E-state index >= 15 is 0 Å². The van der Waals surface area contributed by atoms with Crippen molar-refractivity contribution in [3.05, 3.63) is 35.9 Å². The fourth-order valence-electron chi connectivity index (χ4n) is 3.00. The SMILES string of the molecule is O=C(CN1CCCCC1)NC1(c2ccccc2)COC1. The number of piperidine rings is 1. The molecule has 1 aromatic carbocycles. The van der Waals surface area contributed by atoms with Crippen LogP contribution in [0.3, 0.4) is 0 Å². The Balaban J connectivity index is 1.61. The Morgan fingerprint density at radius 1 is 1.15 bits per heavy atom. The minimum atomic E-state index is -0.311. The third-order valence-electron chi connectivity index (χ3n) is 4.22. The van der Waals surface area contributed by atoms with Crippen molar-refractivity contribution in [1.82, 2.24) is 10.2 Å². The first-order valence-corrected chi connectivity index (χ1v) is 7.45. The van der Waals surface area contributed by atoms with E-state index in [0.717, 1.165) is 18.7 Å². The summed E-state index contributed by atoms with van der Waals surface area (Å²) >= 11 is 0. The third-order valence-corrected chi connectivity index (χ3v) is 4.22. The number of hydrogen-bond donors (Lipinski definition) is 1. The normalized spacial score (nSPS) is 22.0. The van der Waals surface area contributed by atoms with E-state index < -0.39 is 0 Å². The van der Waals surface area contributed by atoms with Gasteiger partial charge in [-0.15, -0.1) is 0 Å². The summed E-state index contributed by atoms with van der Waals surface area (Å²) in [6, 6.07) is 10.1. The van der Waals surface area contributed by atoms with Crippen molar-refractivity contribution >= 4 is 5.91 Å². The van der Waals surface area contributed by atoms with Gasteiger partial charge in [-0.1, -0.05) is 36.8 Å². The van der Waals surface area contributed by atoms with Crippen LogP contribution in [0.1, 0.15) is 24.8 Å². The average molecular weight is 274 g/mol. The van der Waals surface area contributed by atoms with Crippen LogP contribution in [0, 0.1) is 0 Å². The maximum Gasteiger partial charge on any atom is 0.235 e. The molecule has 1 N–H and O–H groups in total. The molecule has 0 atom stereocenters. The van der Waals surface area contributed by atoms with E-state index in [1.807, 2.05) is 18.2 Å². The fourth-order valence-corrected chi connectivity index (χ4v) is 3.00. The van der Waals surface area contributed by atoms with Gasteiger partial charge in [0.05, 0.1) is 19.8 Å². The Bertz CT molecular complexity index is 451. The first-order valence-electron chi connectivity index (χ1n) is 7.45. The van der Waals surface area contributed by atoms with Gasteiger partial charge in [-0.2, -0.15) is 0 Å². The number of rotatable bonds is 4. The van der Waals surface area contributed by atoms with Gasteiger partial charge >= 0.3 is 0 Å². The summed E-state index contributed by atoms with van der Waals surface area (Å²) in [6.45, 7) is 3.74. The molecule has 0 saturated carbocycles. The maximum absolute atomic E-state index is 12.3. The van der Waals surface area contributed by atoms with Crippen LogP contribution >= 0.6 is 0 Å². The molecule has 0 radical (unpaired) electrons. The zero-order chi connectivity index (χ0) is 13.8. The molecule has 2 aliphatic heterocycles. The molecular formula is C16H22N2O2. The summed E-state index contributed by atoms with van der Waals surface area (Å²) < 4.78 is 5.36. The Morgan fingerprint density at radius 3 is 2.45 bits per heavy atom. The third kappa shape index (κ3) is 2.86. The van der Waals surface area contributed by atoms with Gasteiger partial charge in [0, 0.05) is 0 Å². The number of benzene rings is 1. The van der Waals surface area contributed by atoms with Gasteiger partial charge in [0.1, 0.15) is 5.54 Å². The van der Waals surface area contributed by atoms with Gasteiger partial charge < -0.3 is 10.1 Å². The molecule has 0 spiro atoms. The summed E-state index contributed by atoms with van der Waals surface area (Å²) in [5, 5.41) is 3.19. The minimum Gasteiger partial charge on any atom is -0.376 e. The molecule has 1 amide bonds. The Hall–Kier alpha value is -1.39. The number of nitrogens with one attached hydrogen (secondary N) is 1. The van der Waals surface area contributed by atoms with Crippen LogP contribution in [0.4, 0.5) is 0 Å². The summed E-state index contributed by atoms with van der Waals surface area (Å²) in [5.74, 6) is 0.110. The summed E-state index contributed by atoms with van der Waals surface area (Å²) in [7, 11) is 0. The lowest BCUT2D eigenvalue weighted by Crippen LogP contribution is -2.60. The van der Waals surface area contributed by atoms with Gasteiger partial charge in [0.25, 0.3) is 0 Å². The molecule has 3 rings (SSSR count). The highest BCUT2D eigenvalue weighted by Crippen LogP contribution is 2.29. The van der Waals surface area contributed by atoms with E-state index in [9.17, 15) is 4.79 Å². The van der Waals surface area contributed by atoms with Crippen molar-refractivity contribution in [2.75, 3.05) is 32.8 Å². The molecule has 2 heterocycles. The number of hydrogen-bond acceptors (Lipinski definition) is 3. The molecule has 1 aromatic rings. The van der Waals surface area contributed by atoms with Crippen LogP contribution in [-0.4, -0.2) is 43.7 Å². The van der Waals surface area contributed by atoms with Crippen molar-refractivity contribution in [3.63, 3.8) is 0 Å². The van der Waals surface area contributed by atoms with Gasteiger partial charge in [-0.25, -0.2) is 0 Å². The van der Waals surface area contributed by atoms with E-state index in [-0.39, 0.29) is 11.4 Å². The van der Waals surface area contributed by atoms with Crippen LogP contribution in [0.25, 0.3) is 0 Å². The lowest BCUT2D eigenvalue weighted by Gasteiger charge is -2.43. The van der Waals surface area contributed by atoms with E-state index in [4.69, 9.17) is 4.74 Å². The van der Waals surface area contributed by atoms with Crippen LogP contribution in [-0.2, 0) is 15.1 Å². The molecule has 4 heteroatoms. The van der Waals surface area contributed by atoms with Crippen molar-refractivity contribution < 1.29 is 9.53 Å². The quantitative estimate of drug-likeness (QED) is 0.905. The molecule has 4 nitrogen and oxygen atoms in total. The van der Waals surface area contributed by atoms with Gasteiger partial charge in [-0.05, 0) is 31.5 Å². The number of likely N-dealkylation sites (tertiary alicyclic amines) is 1. The summed E-state index contributed by atoms with van der Waals surface area (Å²) in [6.07, 6.45) is 3.71. The lowest BCUT2D eigenvalue weighted by molar-refractivity contribution is -0.135. The second-order valence-corrected chi connectivity index (χ2v) is 5.83.